The fourth-order valence-electron chi connectivity index (χ4n) is 1.65. The zero-order valence-corrected chi connectivity index (χ0v) is 14.8. The van der Waals surface area contributed by atoms with Crippen molar-refractivity contribution in [2.75, 3.05) is 0 Å². The van der Waals surface area contributed by atoms with Crippen molar-refractivity contribution in [3.8, 4) is 0 Å². The molecule has 0 aromatic carbocycles. The molecule has 2 unspecified atom stereocenters. The second-order valence-electron chi connectivity index (χ2n) is 7.08. The highest BCUT2D eigenvalue weighted by Gasteiger charge is 2.36. The first-order chi connectivity index (χ1) is 8.29. The van der Waals surface area contributed by atoms with E-state index in [1.807, 2.05) is 13.8 Å². The predicted octanol–water partition coefficient (Wildman–Crippen LogP) is 2.40. The molecule has 0 fully saturated rings. The van der Waals surface area contributed by atoms with E-state index in [2.05, 4.69) is 36.9 Å². The SMILES string of the molecule is CC(C)C(O[B][B]OC(C)(C)C(C)(C)O)C(C)(C)P. The van der Waals surface area contributed by atoms with Crippen molar-refractivity contribution in [1.29, 1.82) is 0 Å². The minimum atomic E-state index is -0.922. The minimum absolute atomic E-state index is 0.00965. The van der Waals surface area contributed by atoms with Gasteiger partial charge in [0.1, 0.15) is 0 Å². The zero-order valence-electron chi connectivity index (χ0n) is 13.7. The van der Waals surface area contributed by atoms with Crippen LogP contribution in [-0.2, 0) is 9.31 Å². The zero-order chi connectivity index (χ0) is 15.5. The van der Waals surface area contributed by atoms with Crippen LogP contribution in [0.3, 0.4) is 0 Å². The van der Waals surface area contributed by atoms with Crippen LogP contribution in [-0.4, -0.2) is 42.3 Å². The normalized spacial score (nSPS) is 15.5. The molecule has 6 heteroatoms. The molecule has 0 amide bonds. The quantitative estimate of drug-likeness (QED) is 0.423. The molecule has 0 aliphatic rings. The van der Waals surface area contributed by atoms with E-state index in [1.54, 1.807) is 21.2 Å². The molecule has 2 radical (unpaired) electrons. The largest absolute Gasteiger partial charge is 0.444 e. The van der Waals surface area contributed by atoms with Gasteiger partial charge in [0.05, 0.1) is 11.2 Å². The maximum atomic E-state index is 9.97. The smallest absolute Gasteiger partial charge is 0.283 e. The molecule has 3 nitrogen and oxygen atoms in total. The van der Waals surface area contributed by atoms with E-state index in [-0.39, 0.29) is 11.3 Å². The van der Waals surface area contributed by atoms with Crippen LogP contribution in [0, 0.1) is 5.92 Å². The summed E-state index contributed by atoms with van der Waals surface area (Å²) in [7, 11) is 5.90. The lowest BCUT2D eigenvalue weighted by molar-refractivity contribution is -0.0891. The Bertz CT molecular complexity index is 270. The summed E-state index contributed by atoms with van der Waals surface area (Å²) in [5, 5.41) is 9.96. The predicted molar refractivity (Wildman–Crippen MR) is 86.5 cm³/mol. The Morgan fingerprint density at radius 3 is 1.79 bits per heavy atom. The monoisotopic (exact) mass is 286 g/mol. The molecule has 0 aromatic heterocycles. The van der Waals surface area contributed by atoms with Crippen molar-refractivity contribution < 1.29 is 14.4 Å². The van der Waals surface area contributed by atoms with Gasteiger partial charge in [0, 0.05) is 11.3 Å². The van der Waals surface area contributed by atoms with Crippen molar-refractivity contribution in [2.45, 2.75) is 77.9 Å². The van der Waals surface area contributed by atoms with Gasteiger partial charge in [-0.1, -0.05) is 27.7 Å². The van der Waals surface area contributed by atoms with E-state index >= 15 is 0 Å². The summed E-state index contributed by atoms with van der Waals surface area (Å²) in [5.74, 6) is 0.402. The Balaban J connectivity index is 4.24. The number of hydrogen-bond donors (Lipinski definition) is 1. The third-order valence-corrected chi connectivity index (χ3v) is 3.78. The molecule has 0 rings (SSSR count). The standard InChI is InChI=1S/C13H29B2O3P/c1-9(2)10(11(3,4)19)17-14-15-18-13(7,8)12(5,6)16/h9-10,16H,19H2,1-8H3. The van der Waals surface area contributed by atoms with Gasteiger partial charge in [0.2, 0.25) is 0 Å². The van der Waals surface area contributed by atoms with Crippen molar-refractivity contribution in [3.63, 3.8) is 0 Å². The van der Waals surface area contributed by atoms with Gasteiger partial charge < -0.3 is 14.4 Å². The fraction of sp³-hybridized carbons (Fsp3) is 1.00. The van der Waals surface area contributed by atoms with Crippen LogP contribution < -0.4 is 0 Å². The lowest BCUT2D eigenvalue weighted by atomic mass is 9.62. The van der Waals surface area contributed by atoms with E-state index < -0.39 is 11.2 Å². The molecular weight excluding hydrogens is 257 g/mol. The van der Waals surface area contributed by atoms with Gasteiger partial charge in [-0.3, -0.25) is 0 Å². The maximum Gasteiger partial charge on any atom is 0.283 e. The van der Waals surface area contributed by atoms with Crippen LogP contribution in [0.1, 0.15) is 55.4 Å². The summed E-state index contributed by atoms with van der Waals surface area (Å²) < 4.78 is 11.3. The first kappa shape index (κ1) is 19.4. The Morgan fingerprint density at radius 2 is 1.47 bits per heavy atom. The molecule has 2 atom stereocenters. The van der Waals surface area contributed by atoms with E-state index in [0.717, 1.165) is 0 Å². The van der Waals surface area contributed by atoms with Crippen molar-refractivity contribution in [2.24, 2.45) is 5.92 Å². The topological polar surface area (TPSA) is 38.7 Å². The van der Waals surface area contributed by atoms with Gasteiger partial charge in [-0.2, -0.15) is 0 Å². The molecule has 0 spiro atoms. The Hall–Kier alpha value is 0.440. The number of hydrogen-bond acceptors (Lipinski definition) is 3. The summed E-state index contributed by atoms with van der Waals surface area (Å²) in [4.78, 5) is 0. The van der Waals surface area contributed by atoms with Crippen molar-refractivity contribution in [1.82, 2.24) is 0 Å². The minimum Gasteiger partial charge on any atom is -0.444 e. The highest BCUT2D eigenvalue weighted by atomic mass is 31.0. The second-order valence-corrected chi connectivity index (χ2v) is 8.57. The van der Waals surface area contributed by atoms with E-state index in [1.165, 1.54) is 7.37 Å². The molecular formula is C13H29B2O3P. The molecule has 0 aromatic rings. The maximum absolute atomic E-state index is 9.97. The van der Waals surface area contributed by atoms with Gasteiger partial charge in [-0.15, -0.1) is 9.24 Å². The van der Waals surface area contributed by atoms with Crippen molar-refractivity contribution in [3.05, 3.63) is 0 Å². The molecule has 19 heavy (non-hydrogen) atoms. The number of aliphatic hydroxyl groups is 1. The van der Waals surface area contributed by atoms with Gasteiger partial charge in [-0.05, 0) is 33.6 Å². The molecule has 0 bridgehead atoms. The average molecular weight is 286 g/mol. The van der Waals surface area contributed by atoms with Crippen LogP contribution in [0.2, 0.25) is 0 Å². The summed E-state index contributed by atoms with van der Waals surface area (Å²) >= 11 is 0. The average Bonchev–Trinajstić information content (AvgIpc) is 2.12. The molecule has 0 aliphatic heterocycles. The van der Waals surface area contributed by atoms with Crippen molar-refractivity contribution >= 4 is 24.0 Å². The third-order valence-electron chi connectivity index (χ3n) is 3.46. The van der Waals surface area contributed by atoms with E-state index in [4.69, 9.17) is 9.31 Å². The van der Waals surface area contributed by atoms with Gasteiger partial charge in [0.15, 0.2) is 0 Å². The third kappa shape index (κ3) is 6.62. The molecule has 1 N–H and O–H groups in total. The Labute approximate surface area is 122 Å². The van der Waals surface area contributed by atoms with Crippen LogP contribution >= 0.6 is 9.24 Å². The highest BCUT2D eigenvalue weighted by Crippen LogP contribution is 2.29. The van der Waals surface area contributed by atoms with Crippen LogP contribution in [0.5, 0.6) is 0 Å². The lowest BCUT2D eigenvalue weighted by Crippen LogP contribution is -2.49. The van der Waals surface area contributed by atoms with Gasteiger partial charge >= 0.3 is 0 Å². The number of rotatable bonds is 8. The summed E-state index contributed by atoms with van der Waals surface area (Å²) in [5.41, 5.74) is -1.59. The first-order valence-electron chi connectivity index (χ1n) is 6.78. The van der Waals surface area contributed by atoms with Crippen LogP contribution in [0.25, 0.3) is 0 Å². The second kappa shape index (κ2) is 6.93. The van der Waals surface area contributed by atoms with E-state index in [9.17, 15) is 5.11 Å². The first-order valence-corrected chi connectivity index (χ1v) is 7.36. The summed E-state index contributed by atoms with van der Waals surface area (Å²) in [6.45, 7) is 15.6. The molecule has 110 valence electrons. The molecule has 0 saturated heterocycles. The van der Waals surface area contributed by atoms with Crippen LogP contribution in [0.4, 0.5) is 0 Å². The van der Waals surface area contributed by atoms with Crippen LogP contribution in [0.15, 0.2) is 0 Å². The Kier molecular flexibility index (Phi) is 7.09. The van der Waals surface area contributed by atoms with E-state index in [0.29, 0.717) is 5.92 Å². The lowest BCUT2D eigenvalue weighted by Gasteiger charge is -2.38. The summed E-state index contributed by atoms with van der Waals surface area (Å²) in [6.07, 6.45) is 0.0857. The van der Waals surface area contributed by atoms with Gasteiger partial charge in [0.25, 0.3) is 14.7 Å². The van der Waals surface area contributed by atoms with Gasteiger partial charge in [-0.25, -0.2) is 0 Å². The fourth-order valence-corrected chi connectivity index (χ4v) is 2.11. The molecule has 0 heterocycles. The molecule has 0 saturated carbocycles. The highest BCUT2D eigenvalue weighted by molar-refractivity contribution is 7.19. The summed E-state index contributed by atoms with van der Waals surface area (Å²) in [6, 6.07) is 0. The molecule has 0 aliphatic carbocycles. The Morgan fingerprint density at radius 1 is 1.00 bits per heavy atom.